The Balaban J connectivity index is 1.94. The number of nitrogens with zero attached hydrogens (tertiary/aromatic N) is 2. The largest absolute Gasteiger partial charge is 0.338 e. The SMILES string of the molecule is CSCCC(N)c1nc(C2CCCCCCC2)no1. The smallest absolute Gasteiger partial charge is 0.243 e. The first-order valence-corrected chi connectivity index (χ1v) is 8.78. The average Bonchev–Trinajstić information content (AvgIpc) is 2.85. The summed E-state index contributed by atoms with van der Waals surface area (Å²) in [4.78, 5) is 4.55. The van der Waals surface area contributed by atoms with Crippen LogP contribution in [0.25, 0.3) is 0 Å². The monoisotopic (exact) mass is 283 g/mol. The van der Waals surface area contributed by atoms with Crippen molar-refractivity contribution in [2.45, 2.75) is 63.3 Å². The Morgan fingerprint density at radius 2 is 1.95 bits per heavy atom. The highest BCUT2D eigenvalue weighted by Crippen LogP contribution is 2.29. The van der Waals surface area contributed by atoms with Gasteiger partial charge in [0.15, 0.2) is 5.82 Å². The average molecular weight is 283 g/mol. The fourth-order valence-electron chi connectivity index (χ4n) is 2.65. The fraction of sp³-hybridized carbons (Fsp3) is 0.857. The van der Waals surface area contributed by atoms with E-state index in [-0.39, 0.29) is 6.04 Å². The van der Waals surface area contributed by atoms with Crippen LogP contribution in [-0.4, -0.2) is 22.1 Å². The van der Waals surface area contributed by atoms with E-state index in [1.54, 1.807) is 11.8 Å². The van der Waals surface area contributed by atoms with E-state index in [4.69, 9.17) is 10.3 Å². The van der Waals surface area contributed by atoms with Gasteiger partial charge in [-0.25, -0.2) is 0 Å². The molecule has 2 rings (SSSR count). The van der Waals surface area contributed by atoms with E-state index in [0.717, 1.165) is 18.0 Å². The number of aromatic nitrogens is 2. The minimum absolute atomic E-state index is 0.109. The zero-order valence-electron chi connectivity index (χ0n) is 11.8. The van der Waals surface area contributed by atoms with Crippen LogP contribution in [0.3, 0.4) is 0 Å². The molecule has 0 spiro atoms. The van der Waals surface area contributed by atoms with Crippen molar-refractivity contribution in [2.24, 2.45) is 5.73 Å². The molecule has 1 saturated carbocycles. The highest BCUT2D eigenvalue weighted by atomic mass is 32.2. The van der Waals surface area contributed by atoms with E-state index in [1.165, 1.54) is 44.9 Å². The lowest BCUT2D eigenvalue weighted by molar-refractivity contribution is 0.342. The summed E-state index contributed by atoms with van der Waals surface area (Å²) in [6, 6.07) is -0.109. The van der Waals surface area contributed by atoms with Crippen LogP contribution in [0.1, 0.15) is 75.0 Å². The molecule has 4 nitrogen and oxygen atoms in total. The minimum atomic E-state index is -0.109. The van der Waals surface area contributed by atoms with Gasteiger partial charge in [-0.3, -0.25) is 0 Å². The summed E-state index contributed by atoms with van der Waals surface area (Å²) < 4.78 is 5.35. The zero-order chi connectivity index (χ0) is 13.5. The van der Waals surface area contributed by atoms with Crippen LogP contribution in [0.5, 0.6) is 0 Å². The lowest BCUT2D eigenvalue weighted by atomic mass is 9.91. The van der Waals surface area contributed by atoms with Gasteiger partial charge < -0.3 is 10.3 Å². The van der Waals surface area contributed by atoms with Gasteiger partial charge >= 0.3 is 0 Å². The first kappa shape index (κ1) is 14.9. The Morgan fingerprint density at radius 1 is 1.26 bits per heavy atom. The van der Waals surface area contributed by atoms with Crippen molar-refractivity contribution in [3.63, 3.8) is 0 Å². The van der Waals surface area contributed by atoms with Crippen molar-refractivity contribution < 1.29 is 4.52 Å². The van der Waals surface area contributed by atoms with Gasteiger partial charge in [0, 0.05) is 5.92 Å². The molecule has 0 radical (unpaired) electrons. The van der Waals surface area contributed by atoms with Crippen LogP contribution in [0.2, 0.25) is 0 Å². The second kappa shape index (κ2) is 7.90. The summed E-state index contributed by atoms with van der Waals surface area (Å²) in [5.41, 5.74) is 6.07. The molecule has 0 aromatic carbocycles. The van der Waals surface area contributed by atoms with Gasteiger partial charge in [-0.2, -0.15) is 16.7 Å². The maximum atomic E-state index is 6.07. The van der Waals surface area contributed by atoms with Gasteiger partial charge in [0.2, 0.25) is 5.89 Å². The first-order chi connectivity index (χ1) is 9.31. The number of hydrogen-bond donors (Lipinski definition) is 1. The molecule has 1 aromatic rings. The van der Waals surface area contributed by atoms with Crippen LogP contribution < -0.4 is 5.73 Å². The molecule has 1 aromatic heterocycles. The molecule has 1 fully saturated rings. The van der Waals surface area contributed by atoms with Crippen LogP contribution in [0.15, 0.2) is 4.52 Å². The molecule has 108 valence electrons. The molecule has 5 heteroatoms. The third kappa shape index (κ3) is 4.49. The van der Waals surface area contributed by atoms with Crippen molar-refractivity contribution >= 4 is 11.8 Å². The van der Waals surface area contributed by atoms with Crippen molar-refractivity contribution in [3.05, 3.63) is 11.7 Å². The van der Waals surface area contributed by atoms with Crippen LogP contribution in [0, 0.1) is 0 Å². The molecule has 1 unspecified atom stereocenters. The van der Waals surface area contributed by atoms with Gasteiger partial charge in [0.05, 0.1) is 6.04 Å². The summed E-state index contributed by atoms with van der Waals surface area (Å²) in [5, 5.41) is 4.17. The van der Waals surface area contributed by atoms with Crippen molar-refractivity contribution in [3.8, 4) is 0 Å². The Bertz CT molecular complexity index is 361. The second-order valence-corrected chi connectivity index (χ2v) is 6.41. The van der Waals surface area contributed by atoms with E-state index in [1.807, 2.05) is 0 Å². The van der Waals surface area contributed by atoms with E-state index >= 15 is 0 Å². The molecule has 1 heterocycles. The summed E-state index contributed by atoms with van der Waals surface area (Å²) in [6.45, 7) is 0. The summed E-state index contributed by atoms with van der Waals surface area (Å²) in [6.07, 6.45) is 12.0. The molecular formula is C14H25N3OS. The molecule has 19 heavy (non-hydrogen) atoms. The predicted octanol–water partition coefficient (Wildman–Crippen LogP) is 3.65. The Morgan fingerprint density at radius 3 is 2.63 bits per heavy atom. The molecular weight excluding hydrogens is 258 g/mol. The molecule has 0 amide bonds. The third-order valence-electron chi connectivity index (χ3n) is 3.88. The number of nitrogens with two attached hydrogens (primary N) is 1. The molecule has 0 aliphatic heterocycles. The minimum Gasteiger partial charge on any atom is -0.338 e. The van der Waals surface area contributed by atoms with E-state index in [9.17, 15) is 0 Å². The fourth-order valence-corrected chi connectivity index (χ4v) is 3.14. The molecule has 0 saturated heterocycles. The zero-order valence-corrected chi connectivity index (χ0v) is 12.6. The van der Waals surface area contributed by atoms with Crippen molar-refractivity contribution in [1.29, 1.82) is 0 Å². The van der Waals surface area contributed by atoms with Gasteiger partial charge in [-0.1, -0.05) is 37.3 Å². The Kier molecular flexibility index (Phi) is 6.17. The Labute approximate surface area is 119 Å². The lowest BCUT2D eigenvalue weighted by Gasteiger charge is -2.15. The number of hydrogen-bond acceptors (Lipinski definition) is 5. The summed E-state index contributed by atoms with van der Waals surface area (Å²) >= 11 is 1.79. The standard InChI is InChI=1S/C14H25N3OS/c1-19-10-9-12(15)14-16-13(17-18-14)11-7-5-3-2-4-6-8-11/h11-12H,2-10,15H2,1H3. The van der Waals surface area contributed by atoms with Gasteiger partial charge in [-0.15, -0.1) is 0 Å². The van der Waals surface area contributed by atoms with Gasteiger partial charge in [0.25, 0.3) is 0 Å². The maximum Gasteiger partial charge on any atom is 0.243 e. The lowest BCUT2D eigenvalue weighted by Crippen LogP contribution is -2.12. The quantitative estimate of drug-likeness (QED) is 0.893. The molecule has 1 aliphatic rings. The third-order valence-corrected chi connectivity index (χ3v) is 4.52. The van der Waals surface area contributed by atoms with Crippen LogP contribution in [-0.2, 0) is 0 Å². The molecule has 1 atom stereocenters. The highest BCUT2D eigenvalue weighted by molar-refractivity contribution is 7.98. The molecule has 2 N–H and O–H groups in total. The van der Waals surface area contributed by atoms with Crippen LogP contribution in [0.4, 0.5) is 0 Å². The molecule has 0 bridgehead atoms. The second-order valence-electron chi connectivity index (χ2n) is 5.42. The Hall–Kier alpha value is -0.550. The highest BCUT2D eigenvalue weighted by Gasteiger charge is 2.21. The predicted molar refractivity (Wildman–Crippen MR) is 79.3 cm³/mol. The van der Waals surface area contributed by atoms with Gasteiger partial charge in [0.1, 0.15) is 0 Å². The van der Waals surface area contributed by atoms with E-state index < -0.39 is 0 Å². The van der Waals surface area contributed by atoms with E-state index in [2.05, 4.69) is 16.4 Å². The number of rotatable bonds is 5. The summed E-state index contributed by atoms with van der Waals surface area (Å²) in [5.74, 6) is 3.01. The van der Waals surface area contributed by atoms with Crippen molar-refractivity contribution in [1.82, 2.24) is 10.1 Å². The topological polar surface area (TPSA) is 64.9 Å². The van der Waals surface area contributed by atoms with Crippen LogP contribution >= 0.6 is 11.8 Å². The number of thioether (sulfide) groups is 1. The van der Waals surface area contributed by atoms with E-state index in [0.29, 0.717) is 11.8 Å². The van der Waals surface area contributed by atoms with Gasteiger partial charge in [-0.05, 0) is 31.3 Å². The van der Waals surface area contributed by atoms with Crippen molar-refractivity contribution in [2.75, 3.05) is 12.0 Å². The normalized spacial score (nSPS) is 19.9. The maximum absolute atomic E-state index is 6.07. The molecule has 1 aliphatic carbocycles. The first-order valence-electron chi connectivity index (χ1n) is 7.39. The summed E-state index contributed by atoms with van der Waals surface area (Å²) in [7, 11) is 0.